The van der Waals surface area contributed by atoms with E-state index in [0.717, 1.165) is 28.0 Å². The number of hydrogen-bond acceptors (Lipinski definition) is 4. The quantitative estimate of drug-likeness (QED) is 0.441. The lowest BCUT2D eigenvalue weighted by atomic mass is 10.1. The van der Waals surface area contributed by atoms with E-state index in [1.54, 1.807) is 6.92 Å². The first-order valence-electron chi connectivity index (χ1n) is 9.58. The van der Waals surface area contributed by atoms with Crippen LogP contribution in [-0.2, 0) is 16.6 Å². The maximum Gasteiger partial charge on any atom is 0.352 e. The van der Waals surface area contributed by atoms with E-state index < -0.39 is 12.1 Å². The van der Waals surface area contributed by atoms with E-state index in [2.05, 4.69) is 0 Å². The molecule has 1 heterocycles. The minimum atomic E-state index is -0.855. The second-order valence-corrected chi connectivity index (χ2v) is 6.64. The molecule has 4 aromatic rings. The Bertz CT molecular complexity index is 1140. The van der Waals surface area contributed by atoms with Gasteiger partial charge in [0.05, 0.1) is 23.2 Å². The molecule has 3 aromatic carbocycles. The van der Waals surface area contributed by atoms with Gasteiger partial charge >= 0.3 is 5.97 Å². The lowest BCUT2D eigenvalue weighted by molar-refractivity contribution is -0.151. The van der Waals surface area contributed by atoms with Gasteiger partial charge in [-0.15, -0.1) is 0 Å². The van der Waals surface area contributed by atoms with Gasteiger partial charge in [0.2, 0.25) is 6.10 Å². The van der Waals surface area contributed by atoms with Crippen LogP contribution in [0.5, 0.6) is 5.75 Å². The van der Waals surface area contributed by atoms with Crippen molar-refractivity contribution in [1.82, 2.24) is 9.55 Å². The Kier molecular flexibility index (Phi) is 5.29. The van der Waals surface area contributed by atoms with Crippen LogP contribution in [0.4, 0.5) is 0 Å². The highest BCUT2D eigenvalue weighted by molar-refractivity contribution is 5.82. The molecular weight excluding hydrogens is 364 g/mol. The third-order valence-electron chi connectivity index (χ3n) is 4.76. The summed E-state index contributed by atoms with van der Waals surface area (Å²) in [5.74, 6) is 0.934. The highest BCUT2D eigenvalue weighted by atomic mass is 16.6. The molecule has 0 aliphatic rings. The second-order valence-electron chi connectivity index (χ2n) is 6.64. The first-order valence-corrected chi connectivity index (χ1v) is 9.58. The second kappa shape index (κ2) is 8.19. The summed E-state index contributed by atoms with van der Waals surface area (Å²) in [5, 5.41) is 0. The molecule has 0 bridgehead atoms. The molecule has 0 saturated carbocycles. The number of esters is 1. The smallest absolute Gasteiger partial charge is 0.352 e. The van der Waals surface area contributed by atoms with Crippen molar-refractivity contribution < 1.29 is 14.3 Å². The Balaban J connectivity index is 1.77. The standard InChI is InChI=1S/C24H22N2O3/c1-3-28-24(27)22(17-11-5-4-6-12-17)29-21-16-10-7-13-18(21)23-25-19-14-8-9-15-20(19)26(23)2/h4-16,22H,3H2,1-2H3. The molecule has 0 aliphatic carbocycles. The molecule has 0 saturated heterocycles. The van der Waals surface area contributed by atoms with Crippen LogP contribution in [0.2, 0.25) is 0 Å². The molecule has 1 unspecified atom stereocenters. The highest BCUT2D eigenvalue weighted by Gasteiger charge is 2.26. The maximum atomic E-state index is 12.6. The van der Waals surface area contributed by atoms with Gasteiger partial charge < -0.3 is 14.0 Å². The largest absolute Gasteiger partial charge is 0.473 e. The third kappa shape index (κ3) is 3.72. The predicted molar refractivity (Wildman–Crippen MR) is 113 cm³/mol. The number of carbonyl (C=O) groups excluding carboxylic acids is 1. The highest BCUT2D eigenvalue weighted by Crippen LogP contribution is 2.34. The summed E-state index contributed by atoms with van der Waals surface area (Å²) < 4.78 is 13.5. The van der Waals surface area contributed by atoms with E-state index in [1.807, 2.05) is 90.5 Å². The Morgan fingerprint density at radius 2 is 1.66 bits per heavy atom. The van der Waals surface area contributed by atoms with Crippen LogP contribution >= 0.6 is 0 Å². The van der Waals surface area contributed by atoms with Crippen molar-refractivity contribution in [2.24, 2.45) is 7.05 Å². The molecule has 5 nitrogen and oxygen atoms in total. The summed E-state index contributed by atoms with van der Waals surface area (Å²) in [7, 11) is 1.97. The van der Waals surface area contributed by atoms with E-state index in [-0.39, 0.29) is 6.61 Å². The van der Waals surface area contributed by atoms with Crippen molar-refractivity contribution in [2.45, 2.75) is 13.0 Å². The van der Waals surface area contributed by atoms with E-state index in [4.69, 9.17) is 14.5 Å². The molecule has 0 spiro atoms. The number of fused-ring (bicyclic) bond motifs is 1. The molecule has 1 aromatic heterocycles. The van der Waals surface area contributed by atoms with Crippen molar-refractivity contribution >= 4 is 17.0 Å². The van der Waals surface area contributed by atoms with Crippen LogP contribution in [0.1, 0.15) is 18.6 Å². The third-order valence-corrected chi connectivity index (χ3v) is 4.76. The number of rotatable bonds is 6. The number of imidazole rings is 1. The van der Waals surface area contributed by atoms with E-state index in [0.29, 0.717) is 5.75 Å². The Morgan fingerprint density at radius 3 is 2.41 bits per heavy atom. The zero-order chi connectivity index (χ0) is 20.2. The molecule has 0 aliphatic heterocycles. The molecule has 0 N–H and O–H groups in total. The fourth-order valence-electron chi connectivity index (χ4n) is 3.37. The van der Waals surface area contributed by atoms with Gasteiger partial charge in [-0.05, 0) is 31.2 Å². The lowest BCUT2D eigenvalue weighted by Gasteiger charge is -2.20. The summed E-state index contributed by atoms with van der Waals surface area (Å²) >= 11 is 0. The zero-order valence-electron chi connectivity index (χ0n) is 16.4. The van der Waals surface area contributed by atoms with Gasteiger partial charge in [-0.25, -0.2) is 9.78 Å². The maximum absolute atomic E-state index is 12.6. The summed E-state index contributed by atoms with van der Waals surface area (Å²) in [6, 6.07) is 25.0. The van der Waals surface area contributed by atoms with Crippen molar-refractivity contribution in [3.05, 3.63) is 84.4 Å². The molecule has 5 heteroatoms. The van der Waals surface area contributed by atoms with Crippen LogP contribution in [-0.4, -0.2) is 22.1 Å². The Labute approximate surface area is 169 Å². The number of carbonyl (C=O) groups is 1. The normalized spacial score (nSPS) is 11.9. The number of aryl methyl sites for hydroxylation is 1. The van der Waals surface area contributed by atoms with E-state index >= 15 is 0 Å². The molecule has 29 heavy (non-hydrogen) atoms. The van der Waals surface area contributed by atoms with Crippen LogP contribution in [0.15, 0.2) is 78.9 Å². The topological polar surface area (TPSA) is 53.4 Å². The molecule has 0 amide bonds. The predicted octanol–water partition coefficient (Wildman–Crippen LogP) is 4.92. The van der Waals surface area contributed by atoms with Crippen LogP contribution in [0.25, 0.3) is 22.4 Å². The lowest BCUT2D eigenvalue weighted by Crippen LogP contribution is -2.21. The number of aromatic nitrogens is 2. The fraction of sp³-hybridized carbons (Fsp3) is 0.167. The molecule has 0 fully saturated rings. The van der Waals surface area contributed by atoms with Gasteiger partial charge in [-0.3, -0.25) is 0 Å². The number of nitrogens with zero attached hydrogens (tertiary/aromatic N) is 2. The fourth-order valence-corrected chi connectivity index (χ4v) is 3.37. The number of ether oxygens (including phenoxy) is 2. The van der Waals surface area contributed by atoms with Crippen LogP contribution in [0, 0.1) is 0 Å². The molecule has 146 valence electrons. The minimum Gasteiger partial charge on any atom is -0.473 e. The average Bonchev–Trinajstić information content (AvgIpc) is 3.09. The average molecular weight is 386 g/mol. The minimum absolute atomic E-state index is 0.290. The zero-order valence-corrected chi connectivity index (χ0v) is 16.4. The van der Waals surface area contributed by atoms with E-state index in [9.17, 15) is 4.79 Å². The molecule has 1 atom stereocenters. The Hall–Kier alpha value is -3.60. The van der Waals surface area contributed by atoms with Gasteiger partial charge in [-0.2, -0.15) is 0 Å². The first-order chi connectivity index (χ1) is 14.2. The summed E-state index contributed by atoms with van der Waals surface area (Å²) in [5.41, 5.74) is 3.49. The molecular formula is C24H22N2O3. The van der Waals surface area contributed by atoms with Gasteiger partial charge in [0.25, 0.3) is 0 Å². The van der Waals surface area contributed by atoms with E-state index in [1.165, 1.54) is 0 Å². The van der Waals surface area contributed by atoms with Crippen molar-refractivity contribution in [1.29, 1.82) is 0 Å². The Morgan fingerprint density at radius 1 is 0.966 bits per heavy atom. The number of hydrogen-bond donors (Lipinski definition) is 0. The first kappa shape index (κ1) is 18.7. The van der Waals surface area contributed by atoms with Crippen molar-refractivity contribution in [2.75, 3.05) is 6.61 Å². The van der Waals surface area contributed by atoms with Gasteiger partial charge in [0.15, 0.2) is 0 Å². The summed E-state index contributed by atoms with van der Waals surface area (Å²) in [6.07, 6.45) is -0.855. The number of benzene rings is 3. The van der Waals surface area contributed by atoms with Crippen LogP contribution in [0.3, 0.4) is 0 Å². The number of para-hydroxylation sites is 3. The molecule has 0 radical (unpaired) electrons. The van der Waals surface area contributed by atoms with Gasteiger partial charge in [-0.1, -0.05) is 54.6 Å². The molecule has 4 rings (SSSR count). The van der Waals surface area contributed by atoms with Gasteiger partial charge in [0.1, 0.15) is 11.6 Å². The monoisotopic (exact) mass is 386 g/mol. The van der Waals surface area contributed by atoms with Crippen molar-refractivity contribution in [3.63, 3.8) is 0 Å². The summed E-state index contributed by atoms with van der Waals surface area (Å²) in [6.45, 7) is 2.07. The van der Waals surface area contributed by atoms with Gasteiger partial charge in [0, 0.05) is 12.6 Å². The van der Waals surface area contributed by atoms with Crippen molar-refractivity contribution in [3.8, 4) is 17.1 Å². The SMILES string of the molecule is CCOC(=O)C(Oc1ccccc1-c1nc2ccccc2n1C)c1ccccc1. The van der Waals surface area contributed by atoms with Crippen LogP contribution < -0.4 is 4.74 Å². The summed E-state index contributed by atoms with van der Waals surface area (Å²) in [4.78, 5) is 17.4.